The van der Waals surface area contributed by atoms with Gasteiger partial charge in [-0.25, -0.2) is 4.79 Å². The van der Waals surface area contributed by atoms with Crippen LogP contribution >= 0.6 is 0 Å². The van der Waals surface area contributed by atoms with Gasteiger partial charge >= 0.3 is 11.9 Å². The number of hydrogen-bond acceptors (Lipinski definition) is 5. The standard InChI is InChI=1S/C14H17NO4/c1-4-11(13(16)18-2)15-12(14(17)19-3)10-8-6-5-7-9-10/h4-9,11-12,15H,1H2,2-3H3. The molecule has 0 bridgehead atoms. The maximum atomic E-state index is 11.8. The summed E-state index contributed by atoms with van der Waals surface area (Å²) in [5.74, 6) is -0.998. The molecule has 0 radical (unpaired) electrons. The van der Waals surface area contributed by atoms with Crippen molar-refractivity contribution in [2.75, 3.05) is 14.2 Å². The monoisotopic (exact) mass is 263 g/mol. The van der Waals surface area contributed by atoms with Crippen LogP contribution in [0, 0.1) is 0 Å². The molecule has 19 heavy (non-hydrogen) atoms. The van der Waals surface area contributed by atoms with Gasteiger partial charge in [0.25, 0.3) is 0 Å². The summed E-state index contributed by atoms with van der Waals surface area (Å²) in [6.07, 6.45) is 1.38. The van der Waals surface area contributed by atoms with Crippen LogP contribution in [0.2, 0.25) is 0 Å². The second-order valence-electron chi connectivity index (χ2n) is 3.77. The first-order valence-corrected chi connectivity index (χ1v) is 5.73. The fourth-order valence-electron chi connectivity index (χ4n) is 1.60. The molecule has 102 valence electrons. The van der Waals surface area contributed by atoms with Crippen LogP contribution in [0.25, 0.3) is 0 Å². The zero-order valence-electron chi connectivity index (χ0n) is 11.0. The van der Waals surface area contributed by atoms with Gasteiger partial charge in [-0.1, -0.05) is 36.4 Å². The van der Waals surface area contributed by atoms with Crippen LogP contribution in [0.1, 0.15) is 11.6 Å². The van der Waals surface area contributed by atoms with E-state index in [1.807, 2.05) is 6.07 Å². The lowest BCUT2D eigenvalue weighted by atomic mass is 10.1. The summed E-state index contributed by atoms with van der Waals surface area (Å²) in [6.45, 7) is 3.55. The van der Waals surface area contributed by atoms with Gasteiger partial charge in [0.15, 0.2) is 0 Å². The molecule has 2 unspecified atom stereocenters. The van der Waals surface area contributed by atoms with Crippen molar-refractivity contribution in [2.24, 2.45) is 0 Å². The van der Waals surface area contributed by atoms with E-state index in [1.165, 1.54) is 20.3 Å². The Morgan fingerprint density at radius 2 is 1.74 bits per heavy atom. The Bertz CT molecular complexity index is 444. The topological polar surface area (TPSA) is 64.6 Å². The molecule has 0 amide bonds. The molecule has 1 rings (SSSR count). The van der Waals surface area contributed by atoms with Crippen molar-refractivity contribution in [3.8, 4) is 0 Å². The fraction of sp³-hybridized carbons (Fsp3) is 0.286. The van der Waals surface area contributed by atoms with Gasteiger partial charge in [0.1, 0.15) is 12.1 Å². The lowest BCUT2D eigenvalue weighted by Crippen LogP contribution is -2.41. The van der Waals surface area contributed by atoms with Crippen LogP contribution in [-0.2, 0) is 19.1 Å². The van der Waals surface area contributed by atoms with E-state index in [1.54, 1.807) is 24.3 Å². The average Bonchev–Trinajstić information content (AvgIpc) is 2.48. The van der Waals surface area contributed by atoms with E-state index in [0.717, 1.165) is 0 Å². The number of hydrogen-bond donors (Lipinski definition) is 1. The Balaban J connectivity index is 2.96. The Morgan fingerprint density at radius 3 is 2.21 bits per heavy atom. The first-order chi connectivity index (χ1) is 9.13. The molecular weight excluding hydrogens is 246 g/mol. The zero-order chi connectivity index (χ0) is 14.3. The summed E-state index contributed by atoms with van der Waals surface area (Å²) in [5, 5.41) is 2.85. The van der Waals surface area contributed by atoms with Gasteiger partial charge in [-0.3, -0.25) is 10.1 Å². The highest BCUT2D eigenvalue weighted by atomic mass is 16.5. The van der Waals surface area contributed by atoms with Crippen LogP contribution in [0.5, 0.6) is 0 Å². The Labute approximate surface area is 112 Å². The maximum absolute atomic E-state index is 11.8. The zero-order valence-corrected chi connectivity index (χ0v) is 11.0. The molecule has 0 saturated carbocycles. The molecule has 5 nitrogen and oxygen atoms in total. The predicted octanol–water partition coefficient (Wildman–Crippen LogP) is 1.22. The van der Waals surface area contributed by atoms with Gasteiger partial charge in [-0.2, -0.15) is 0 Å². The number of benzene rings is 1. The molecule has 0 aliphatic rings. The molecule has 1 aromatic carbocycles. The molecule has 2 atom stereocenters. The average molecular weight is 263 g/mol. The SMILES string of the molecule is C=CC(NC(C(=O)OC)c1ccccc1)C(=O)OC. The summed E-state index contributed by atoms with van der Waals surface area (Å²) in [5.41, 5.74) is 0.699. The molecule has 5 heteroatoms. The number of esters is 2. The molecule has 0 heterocycles. The summed E-state index contributed by atoms with van der Waals surface area (Å²) in [6, 6.07) is 7.44. The lowest BCUT2D eigenvalue weighted by molar-refractivity contribution is -0.145. The van der Waals surface area contributed by atoms with Crippen molar-refractivity contribution >= 4 is 11.9 Å². The maximum Gasteiger partial charge on any atom is 0.327 e. The Morgan fingerprint density at radius 1 is 1.16 bits per heavy atom. The highest BCUT2D eigenvalue weighted by Gasteiger charge is 2.26. The first-order valence-electron chi connectivity index (χ1n) is 5.73. The molecule has 1 aromatic rings. The number of carbonyl (C=O) groups excluding carboxylic acids is 2. The molecule has 0 spiro atoms. The molecule has 0 saturated heterocycles. The molecule has 0 aliphatic heterocycles. The lowest BCUT2D eigenvalue weighted by Gasteiger charge is -2.20. The number of carbonyl (C=O) groups is 2. The van der Waals surface area contributed by atoms with Crippen LogP contribution in [-0.4, -0.2) is 32.2 Å². The van der Waals surface area contributed by atoms with Crippen molar-refractivity contribution in [1.82, 2.24) is 5.32 Å². The fourth-order valence-corrected chi connectivity index (χ4v) is 1.60. The van der Waals surface area contributed by atoms with E-state index in [2.05, 4.69) is 16.6 Å². The summed E-state index contributed by atoms with van der Waals surface area (Å²) in [4.78, 5) is 23.3. The minimum atomic E-state index is -0.783. The molecule has 0 aromatic heterocycles. The first kappa shape index (κ1) is 14.9. The van der Waals surface area contributed by atoms with Crippen molar-refractivity contribution in [2.45, 2.75) is 12.1 Å². The van der Waals surface area contributed by atoms with E-state index < -0.39 is 24.0 Å². The van der Waals surface area contributed by atoms with E-state index in [4.69, 9.17) is 4.74 Å². The van der Waals surface area contributed by atoms with Gasteiger partial charge in [-0.05, 0) is 5.56 Å². The number of nitrogens with one attached hydrogen (secondary N) is 1. The van der Waals surface area contributed by atoms with Crippen LogP contribution in [0.4, 0.5) is 0 Å². The Kier molecular flexibility index (Phi) is 5.75. The van der Waals surface area contributed by atoms with Crippen LogP contribution in [0.15, 0.2) is 43.0 Å². The summed E-state index contributed by atoms with van der Waals surface area (Å²) < 4.78 is 9.37. The van der Waals surface area contributed by atoms with E-state index in [9.17, 15) is 9.59 Å². The second kappa shape index (κ2) is 7.33. The minimum Gasteiger partial charge on any atom is -0.468 e. The van der Waals surface area contributed by atoms with Gasteiger partial charge in [-0.15, -0.1) is 6.58 Å². The van der Waals surface area contributed by atoms with Crippen LogP contribution in [0.3, 0.4) is 0 Å². The van der Waals surface area contributed by atoms with Crippen LogP contribution < -0.4 is 5.32 Å². The van der Waals surface area contributed by atoms with Crippen molar-refractivity contribution < 1.29 is 19.1 Å². The third kappa shape index (κ3) is 3.93. The highest BCUT2D eigenvalue weighted by molar-refractivity contribution is 5.81. The second-order valence-corrected chi connectivity index (χ2v) is 3.77. The molecule has 0 fully saturated rings. The highest BCUT2D eigenvalue weighted by Crippen LogP contribution is 2.15. The quantitative estimate of drug-likeness (QED) is 0.617. The van der Waals surface area contributed by atoms with Crippen molar-refractivity contribution in [1.29, 1.82) is 0 Å². The predicted molar refractivity (Wildman–Crippen MR) is 70.3 cm³/mol. The summed E-state index contributed by atoms with van der Waals surface area (Å²) in [7, 11) is 2.57. The third-order valence-corrected chi connectivity index (χ3v) is 2.61. The van der Waals surface area contributed by atoms with E-state index >= 15 is 0 Å². The molecule has 1 N–H and O–H groups in total. The number of ether oxygens (including phenoxy) is 2. The van der Waals surface area contributed by atoms with Gasteiger partial charge in [0.05, 0.1) is 14.2 Å². The molecular formula is C14H17NO4. The summed E-state index contributed by atoms with van der Waals surface area (Å²) >= 11 is 0. The largest absolute Gasteiger partial charge is 0.468 e. The molecule has 0 aliphatic carbocycles. The van der Waals surface area contributed by atoms with Gasteiger partial charge < -0.3 is 9.47 Å². The normalized spacial score (nSPS) is 13.2. The van der Waals surface area contributed by atoms with Crippen molar-refractivity contribution in [3.05, 3.63) is 48.6 Å². The minimum absolute atomic E-state index is 0.484. The number of rotatable bonds is 6. The van der Waals surface area contributed by atoms with Gasteiger partial charge in [0.2, 0.25) is 0 Å². The smallest absolute Gasteiger partial charge is 0.327 e. The number of methoxy groups -OCH3 is 2. The Hall–Kier alpha value is -2.14. The van der Waals surface area contributed by atoms with Gasteiger partial charge in [0, 0.05) is 0 Å². The third-order valence-electron chi connectivity index (χ3n) is 2.61. The van der Waals surface area contributed by atoms with E-state index in [-0.39, 0.29) is 0 Å². The van der Waals surface area contributed by atoms with Crippen molar-refractivity contribution in [3.63, 3.8) is 0 Å². The van der Waals surface area contributed by atoms with E-state index in [0.29, 0.717) is 5.56 Å².